The van der Waals surface area contributed by atoms with E-state index in [1.54, 1.807) is 0 Å². The molecule has 1 saturated carbocycles. The Hall–Kier alpha value is -2.19. The molecule has 1 aromatic heterocycles. The van der Waals surface area contributed by atoms with Gasteiger partial charge in [-0.05, 0) is 44.5 Å². The lowest BCUT2D eigenvalue weighted by Gasteiger charge is -2.21. The monoisotopic (exact) mass is 282 g/mol. The molecule has 21 heavy (non-hydrogen) atoms. The fourth-order valence-electron chi connectivity index (χ4n) is 2.22. The van der Waals surface area contributed by atoms with E-state index in [2.05, 4.69) is 28.0 Å². The van der Waals surface area contributed by atoms with Crippen LogP contribution in [0.2, 0.25) is 0 Å². The van der Waals surface area contributed by atoms with Gasteiger partial charge in [-0.25, -0.2) is 0 Å². The van der Waals surface area contributed by atoms with Crippen LogP contribution in [-0.2, 0) is 6.54 Å². The first-order valence-electron chi connectivity index (χ1n) is 7.20. The molecule has 0 radical (unpaired) electrons. The molecule has 1 unspecified atom stereocenters. The van der Waals surface area contributed by atoms with E-state index in [4.69, 9.17) is 9.78 Å². The zero-order chi connectivity index (χ0) is 14.8. The summed E-state index contributed by atoms with van der Waals surface area (Å²) in [6.07, 6.45) is 2.35. The third-order valence-electron chi connectivity index (χ3n) is 3.93. The summed E-state index contributed by atoms with van der Waals surface area (Å²) in [5.41, 5.74) is 1.84. The van der Waals surface area contributed by atoms with Crippen LogP contribution in [0.25, 0.3) is 0 Å². The molecule has 0 spiro atoms. The molecule has 1 fully saturated rings. The molecule has 1 aromatic carbocycles. The van der Waals surface area contributed by atoms with E-state index in [-0.39, 0.29) is 6.04 Å². The first-order chi connectivity index (χ1) is 10.2. The Morgan fingerprint density at radius 3 is 2.71 bits per heavy atom. The highest BCUT2D eigenvalue weighted by atomic mass is 16.5. The molecule has 1 aliphatic carbocycles. The topological polar surface area (TPSA) is 66.0 Å². The minimum Gasteiger partial charge on any atom is -0.338 e. The lowest BCUT2D eigenvalue weighted by molar-refractivity contribution is 0.202. The van der Waals surface area contributed by atoms with Crippen molar-refractivity contribution in [2.75, 3.05) is 7.05 Å². The van der Waals surface area contributed by atoms with Crippen molar-refractivity contribution >= 4 is 0 Å². The highest BCUT2D eigenvalue weighted by Crippen LogP contribution is 2.38. The fraction of sp³-hybridized carbons (Fsp3) is 0.438. The van der Waals surface area contributed by atoms with Crippen LogP contribution in [0.1, 0.15) is 54.6 Å². The van der Waals surface area contributed by atoms with E-state index in [1.807, 2.05) is 31.3 Å². The van der Waals surface area contributed by atoms with Crippen LogP contribution in [0.4, 0.5) is 0 Å². The van der Waals surface area contributed by atoms with Gasteiger partial charge < -0.3 is 4.52 Å². The van der Waals surface area contributed by atoms with E-state index >= 15 is 0 Å². The maximum Gasteiger partial charge on any atom is 0.243 e. The molecule has 1 atom stereocenters. The molecule has 0 aliphatic heterocycles. The number of hydrogen-bond donors (Lipinski definition) is 0. The number of nitriles is 1. The number of nitrogens with zero attached hydrogens (tertiary/aromatic N) is 4. The van der Waals surface area contributed by atoms with Gasteiger partial charge in [-0.1, -0.05) is 17.3 Å². The van der Waals surface area contributed by atoms with E-state index in [9.17, 15) is 0 Å². The minimum absolute atomic E-state index is 0.0700. The Labute approximate surface area is 124 Å². The molecule has 5 nitrogen and oxygen atoms in total. The molecule has 2 aromatic rings. The first kappa shape index (κ1) is 13.8. The Bertz CT molecular complexity index is 652. The summed E-state index contributed by atoms with van der Waals surface area (Å²) >= 11 is 0. The second-order valence-corrected chi connectivity index (χ2v) is 5.66. The van der Waals surface area contributed by atoms with Gasteiger partial charge in [-0.3, -0.25) is 4.90 Å². The van der Waals surface area contributed by atoms with Crippen LogP contribution in [-0.4, -0.2) is 22.1 Å². The van der Waals surface area contributed by atoms with Crippen LogP contribution < -0.4 is 0 Å². The molecule has 0 amide bonds. The van der Waals surface area contributed by atoms with E-state index in [0.29, 0.717) is 17.4 Å². The van der Waals surface area contributed by atoms with Crippen LogP contribution in [0.15, 0.2) is 28.8 Å². The van der Waals surface area contributed by atoms with Crippen molar-refractivity contribution in [2.45, 2.75) is 38.3 Å². The van der Waals surface area contributed by atoms with Gasteiger partial charge in [0.15, 0.2) is 5.82 Å². The highest BCUT2D eigenvalue weighted by Gasteiger charge is 2.30. The summed E-state index contributed by atoms with van der Waals surface area (Å²) in [5.74, 6) is 2.04. The molecule has 1 heterocycles. The second kappa shape index (κ2) is 5.66. The van der Waals surface area contributed by atoms with Gasteiger partial charge in [-0.2, -0.15) is 10.2 Å². The maximum atomic E-state index is 8.81. The average Bonchev–Trinajstić information content (AvgIpc) is 3.25. The van der Waals surface area contributed by atoms with Crippen LogP contribution in [0.5, 0.6) is 0 Å². The van der Waals surface area contributed by atoms with Gasteiger partial charge in [0.1, 0.15) is 0 Å². The zero-order valence-electron chi connectivity index (χ0n) is 12.3. The zero-order valence-corrected chi connectivity index (χ0v) is 12.3. The quantitative estimate of drug-likeness (QED) is 0.843. The molecule has 3 rings (SSSR count). The number of benzene rings is 1. The van der Waals surface area contributed by atoms with Gasteiger partial charge in [0, 0.05) is 12.5 Å². The fourth-order valence-corrected chi connectivity index (χ4v) is 2.22. The van der Waals surface area contributed by atoms with E-state index in [1.165, 1.54) is 12.8 Å². The largest absolute Gasteiger partial charge is 0.338 e. The predicted molar refractivity (Wildman–Crippen MR) is 77.3 cm³/mol. The molecule has 0 N–H and O–H groups in total. The predicted octanol–water partition coefficient (Wildman–Crippen LogP) is 3.01. The van der Waals surface area contributed by atoms with Crippen molar-refractivity contribution in [3.05, 3.63) is 47.1 Å². The SMILES string of the molecule is CC(c1nc(C2CC2)no1)N(C)Cc1ccc(C#N)cc1. The molecule has 5 heteroatoms. The molecular formula is C16H18N4O. The summed E-state index contributed by atoms with van der Waals surface area (Å²) in [6.45, 7) is 2.84. The van der Waals surface area contributed by atoms with E-state index in [0.717, 1.165) is 17.9 Å². The van der Waals surface area contributed by atoms with Crippen LogP contribution in [0, 0.1) is 11.3 Å². The van der Waals surface area contributed by atoms with Crippen LogP contribution >= 0.6 is 0 Å². The third kappa shape index (κ3) is 3.11. The third-order valence-corrected chi connectivity index (χ3v) is 3.93. The van der Waals surface area contributed by atoms with E-state index < -0.39 is 0 Å². The molecule has 108 valence electrons. The highest BCUT2D eigenvalue weighted by molar-refractivity contribution is 5.31. The van der Waals surface area contributed by atoms with Crippen molar-refractivity contribution in [3.63, 3.8) is 0 Å². The lowest BCUT2D eigenvalue weighted by Crippen LogP contribution is -2.22. The van der Waals surface area contributed by atoms with Gasteiger partial charge in [0.2, 0.25) is 5.89 Å². The summed E-state index contributed by atoms with van der Waals surface area (Å²) < 4.78 is 5.38. The Kier molecular flexibility index (Phi) is 3.72. The molecule has 0 bridgehead atoms. The van der Waals surface area contributed by atoms with Crippen LogP contribution in [0.3, 0.4) is 0 Å². The number of aromatic nitrogens is 2. The summed E-state index contributed by atoms with van der Waals surface area (Å²) in [7, 11) is 2.03. The molecular weight excluding hydrogens is 264 g/mol. The average molecular weight is 282 g/mol. The molecule has 1 aliphatic rings. The second-order valence-electron chi connectivity index (χ2n) is 5.66. The standard InChI is InChI=1S/C16H18N4O/c1-11(16-18-15(19-21-16)14-7-8-14)20(2)10-13-5-3-12(9-17)4-6-13/h3-6,11,14H,7-8,10H2,1-2H3. The van der Waals surface area contributed by atoms with Gasteiger partial charge in [-0.15, -0.1) is 0 Å². The summed E-state index contributed by atoms with van der Waals surface area (Å²) in [4.78, 5) is 6.66. The van der Waals surface area contributed by atoms with Crippen molar-refractivity contribution in [3.8, 4) is 6.07 Å². The summed E-state index contributed by atoms with van der Waals surface area (Å²) in [5, 5.41) is 12.9. The van der Waals surface area contributed by atoms with Gasteiger partial charge in [0.05, 0.1) is 17.7 Å². The Morgan fingerprint density at radius 1 is 1.38 bits per heavy atom. The molecule has 0 saturated heterocycles. The van der Waals surface area contributed by atoms with Crippen molar-refractivity contribution < 1.29 is 4.52 Å². The summed E-state index contributed by atoms with van der Waals surface area (Å²) in [6, 6.07) is 9.83. The minimum atomic E-state index is 0.0700. The lowest BCUT2D eigenvalue weighted by atomic mass is 10.1. The first-order valence-corrected chi connectivity index (χ1v) is 7.20. The Balaban J connectivity index is 1.65. The maximum absolute atomic E-state index is 8.81. The van der Waals surface area contributed by atoms with Gasteiger partial charge in [0.25, 0.3) is 0 Å². The Morgan fingerprint density at radius 2 is 2.10 bits per heavy atom. The smallest absolute Gasteiger partial charge is 0.243 e. The number of rotatable bonds is 5. The van der Waals surface area contributed by atoms with Crippen molar-refractivity contribution in [1.29, 1.82) is 5.26 Å². The number of hydrogen-bond acceptors (Lipinski definition) is 5. The normalized spacial score (nSPS) is 15.9. The van der Waals surface area contributed by atoms with Crippen molar-refractivity contribution in [2.24, 2.45) is 0 Å². The van der Waals surface area contributed by atoms with Crippen molar-refractivity contribution in [1.82, 2.24) is 15.0 Å². The van der Waals surface area contributed by atoms with Gasteiger partial charge >= 0.3 is 0 Å².